The van der Waals surface area contributed by atoms with E-state index in [2.05, 4.69) is 50.5 Å². The monoisotopic (exact) mass is 373 g/mol. The first kappa shape index (κ1) is 17.1. The van der Waals surface area contributed by atoms with Gasteiger partial charge in [-0.1, -0.05) is 23.4 Å². The predicted octanol–water partition coefficient (Wildman–Crippen LogP) is 4.57. The summed E-state index contributed by atoms with van der Waals surface area (Å²) in [5, 5.41) is 5.35. The smallest absolute Gasteiger partial charge is 0.143 e. The summed E-state index contributed by atoms with van der Waals surface area (Å²) in [7, 11) is 0. The Morgan fingerprint density at radius 3 is 2.96 bits per heavy atom. The van der Waals surface area contributed by atoms with E-state index >= 15 is 0 Å². The zero-order chi connectivity index (χ0) is 19.1. The summed E-state index contributed by atoms with van der Waals surface area (Å²) in [6.07, 6.45) is 8.10. The summed E-state index contributed by atoms with van der Waals surface area (Å²) in [6.45, 7) is 5.84. The van der Waals surface area contributed by atoms with Gasteiger partial charge in [-0.3, -0.25) is 9.88 Å². The minimum absolute atomic E-state index is 0.279. The maximum absolute atomic E-state index is 5.32. The third kappa shape index (κ3) is 2.90. The fraction of sp³-hybridized carbons (Fsp3) is 0.318. The van der Waals surface area contributed by atoms with Crippen LogP contribution in [0, 0.1) is 13.8 Å². The van der Waals surface area contributed by atoms with Crippen LogP contribution in [0.2, 0.25) is 0 Å². The molecule has 1 saturated heterocycles. The minimum Gasteiger partial charge on any atom is -0.361 e. The number of rotatable bonds is 4. The van der Waals surface area contributed by atoms with Gasteiger partial charge in [0.2, 0.25) is 0 Å². The van der Waals surface area contributed by atoms with E-state index in [1.807, 2.05) is 20.0 Å². The second-order valence-corrected chi connectivity index (χ2v) is 7.52. The lowest BCUT2D eigenvalue weighted by Crippen LogP contribution is -2.23. The van der Waals surface area contributed by atoms with Gasteiger partial charge in [0, 0.05) is 23.6 Å². The van der Waals surface area contributed by atoms with Crippen molar-refractivity contribution < 1.29 is 4.52 Å². The highest BCUT2D eigenvalue weighted by Gasteiger charge is 2.28. The van der Waals surface area contributed by atoms with Crippen LogP contribution in [0.3, 0.4) is 0 Å². The van der Waals surface area contributed by atoms with Gasteiger partial charge >= 0.3 is 0 Å². The van der Waals surface area contributed by atoms with Crippen LogP contribution in [0.25, 0.3) is 22.2 Å². The molecular weight excluding hydrogens is 350 g/mol. The van der Waals surface area contributed by atoms with Crippen molar-refractivity contribution in [3.8, 4) is 11.3 Å². The highest BCUT2D eigenvalue weighted by molar-refractivity contribution is 5.83. The molecule has 0 amide bonds. The molecular formula is C22H23N5O. The number of nitrogens with zero attached hydrogens (tertiary/aromatic N) is 4. The number of benzene rings is 1. The van der Waals surface area contributed by atoms with Crippen LogP contribution in [-0.4, -0.2) is 31.6 Å². The van der Waals surface area contributed by atoms with Crippen molar-refractivity contribution in [2.24, 2.45) is 0 Å². The molecule has 1 unspecified atom stereocenters. The molecule has 0 bridgehead atoms. The van der Waals surface area contributed by atoms with Crippen molar-refractivity contribution in [3.05, 3.63) is 65.6 Å². The Hall–Kier alpha value is -2.99. The highest BCUT2D eigenvalue weighted by atomic mass is 16.5. The third-order valence-electron chi connectivity index (χ3n) is 5.70. The zero-order valence-electron chi connectivity index (χ0n) is 16.1. The first-order valence-corrected chi connectivity index (χ1v) is 9.75. The van der Waals surface area contributed by atoms with Gasteiger partial charge in [0.1, 0.15) is 5.76 Å². The summed E-state index contributed by atoms with van der Waals surface area (Å²) < 4.78 is 5.32. The van der Waals surface area contributed by atoms with E-state index in [9.17, 15) is 0 Å². The van der Waals surface area contributed by atoms with Crippen molar-refractivity contribution in [1.82, 2.24) is 25.0 Å². The quantitative estimate of drug-likeness (QED) is 0.567. The number of aromatic nitrogens is 4. The Morgan fingerprint density at radius 1 is 1.21 bits per heavy atom. The first-order valence-electron chi connectivity index (χ1n) is 9.75. The average molecular weight is 373 g/mol. The summed E-state index contributed by atoms with van der Waals surface area (Å²) in [6, 6.07) is 8.75. The Labute approximate surface area is 163 Å². The van der Waals surface area contributed by atoms with Gasteiger partial charge in [-0.05, 0) is 44.9 Å². The Kier molecular flexibility index (Phi) is 4.20. The molecule has 1 aromatic carbocycles. The van der Waals surface area contributed by atoms with Crippen molar-refractivity contribution in [1.29, 1.82) is 0 Å². The number of para-hydroxylation sites is 1. The topological polar surface area (TPSA) is 70.8 Å². The summed E-state index contributed by atoms with van der Waals surface area (Å²) in [4.78, 5) is 15.3. The lowest BCUT2D eigenvalue weighted by molar-refractivity contribution is 0.245. The molecule has 0 aliphatic carbocycles. The van der Waals surface area contributed by atoms with Crippen molar-refractivity contribution in [3.63, 3.8) is 0 Å². The van der Waals surface area contributed by atoms with Crippen LogP contribution in [0.4, 0.5) is 0 Å². The standard InChI is InChI=1S/C22H23N5O/c1-14-22(15(2)28-26-14)20-12-23-11-19(25-20)21-8-5-9-27(21)13-16-10-24-18-7-4-3-6-17(16)18/h3-4,6-7,10-12,21,24H,5,8-9,13H2,1-2H3. The molecule has 6 nitrogen and oxygen atoms in total. The van der Waals surface area contributed by atoms with Gasteiger partial charge in [-0.15, -0.1) is 0 Å². The van der Waals surface area contributed by atoms with Crippen LogP contribution in [0.15, 0.2) is 47.4 Å². The third-order valence-corrected chi connectivity index (χ3v) is 5.70. The normalized spacial score (nSPS) is 17.6. The molecule has 0 saturated carbocycles. The number of hydrogen-bond acceptors (Lipinski definition) is 5. The van der Waals surface area contributed by atoms with Gasteiger partial charge in [0.05, 0.1) is 41.1 Å². The van der Waals surface area contributed by atoms with Crippen LogP contribution in [0.1, 0.15) is 41.6 Å². The van der Waals surface area contributed by atoms with Gasteiger partial charge in [0.25, 0.3) is 0 Å². The molecule has 142 valence electrons. The van der Waals surface area contributed by atoms with E-state index in [0.29, 0.717) is 0 Å². The van der Waals surface area contributed by atoms with E-state index in [4.69, 9.17) is 9.51 Å². The van der Waals surface area contributed by atoms with Gasteiger partial charge in [0.15, 0.2) is 0 Å². The second kappa shape index (κ2) is 6.87. The Balaban J connectivity index is 1.45. The number of fused-ring (bicyclic) bond motifs is 1. The molecule has 1 atom stereocenters. The van der Waals surface area contributed by atoms with Crippen LogP contribution >= 0.6 is 0 Å². The van der Waals surface area contributed by atoms with E-state index in [1.54, 1.807) is 6.20 Å². The van der Waals surface area contributed by atoms with E-state index in [1.165, 1.54) is 22.9 Å². The molecule has 1 aliphatic rings. The van der Waals surface area contributed by atoms with Crippen molar-refractivity contribution in [2.75, 3.05) is 6.54 Å². The molecule has 1 fully saturated rings. The zero-order valence-corrected chi connectivity index (χ0v) is 16.1. The molecule has 4 aromatic rings. The van der Waals surface area contributed by atoms with Crippen LogP contribution in [-0.2, 0) is 6.54 Å². The number of aromatic amines is 1. The van der Waals surface area contributed by atoms with Crippen molar-refractivity contribution in [2.45, 2.75) is 39.3 Å². The van der Waals surface area contributed by atoms with E-state index in [-0.39, 0.29) is 6.04 Å². The maximum Gasteiger partial charge on any atom is 0.143 e. The summed E-state index contributed by atoms with van der Waals surface area (Å²) in [5.74, 6) is 0.783. The second-order valence-electron chi connectivity index (χ2n) is 7.52. The molecule has 1 aliphatic heterocycles. The van der Waals surface area contributed by atoms with Gasteiger partial charge in [-0.25, -0.2) is 4.98 Å². The Bertz CT molecular complexity index is 1110. The maximum atomic E-state index is 5.32. The molecule has 0 radical (unpaired) electrons. The molecule has 28 heavy (non-hydrogen) atoms. The average Bonchev–Trinajstić information content (AvgIpc) is 3.42. The summed E-state index contributed by atoms with van der Waals surface area (Å²) in [5.41, 5.74) is 6.19. The van der Waals surface area contributed by atoms with E-state index in [0.717, 1.165) is 47.9 Å². The first-order chi connectivity index (χ1) is 13.7. The molecule has 6 heteroatoms. The molecule has 4 heterocycles. The molecule has 5 rings (SSSR count). The summed E-state index contributed by atoms with van der Waals surface area (Å²) >= 11 is 0. The largest absolute Gasteiger partial charge is 0.361 e. The number of nitrogens with one attached hydrogen (secondary N) is 1. The molecule has 0 spiro atoms. The van der Waals surface area contributed by atoms with Crippen LogP contribution < -0.4 is 0 Å². The number of hydrogen-bond donors (Lipinski definition) is 1. The number of likely N-dealkylation sites (tertiary alicyclic amines) is 1. The predicted molar refractivity (Wildman–Crippen MR) is 108 cm³/mol. The SMILES string of the molecule is Cc1noc(C)c1-c1cncc(C2CCCN2Cc2c[nH]c3ccccc23)n1. The molecule has 3 aromatic heterocycles. The Morgan fingerprint density at radius 2 is 2.11 bits per heavy atom. The minimum atomic E-state index is 0.279. The van der Waals surface area contributed by atoms with E-state index < -0.39 is 0 Å². The lowest BCUT2D eigenvalue weighted by Gasteiger charge is -2.24. The van der Waals surface area contributed by atoms with Crippen molar-refractivity contribution >= 4 is 10.9 Å². The highest BCUT2D eigenvalue weighted by Crippen LogP contribution is 2.34. The number of aryl methyl sites for hydroxylation is 2. The van der Waals surface area contributed by atoms with Gasteiger partial charge in [-0.2, -0.15) is 0 Å². The van der Waals surface area contributed by atoms with Gasteiger partial charge < -0.3 is 9.51 Å². The lowest BCUT2D eigenvalue weighted by atomic mass is 10.1. The van der Waals surface area contributed by atoms with Crippen LogP contribution in [0.5, 0.6) is 0 Å². The molecule has 1 N–H and O–H groups in total. The fourth-order valence-corrected chi connectivity index (χ4v) is 4.34. The number of H-pyrrole nitrogens is 1. The fourth-order valence-electron chi connectivity index (χ4n) is 4.34.